The second kappa shape index (κ2) is 3.49. The minimum atomic E-state index is 0.357. The van der Waals surface area contributed by atoms with E-state index in [-0.39, 0.29) is 0 Å². The molecule has 0 saturated carbocycles. The summed E-state index contributed by atoms with van der Waals surface area (Å²) >= 11 is 0. The van der Waals surface area contributed by atoms with E-state index in [0.717, 1.165) is 25.9 Å². The first-order valence-electron chi connectivity index (χ1n) is 5.82. The maximum absolute atomic E-state index is 5.95. The second-order valence-electron chi connectivity index (χ2n) is 4.60. The minimum absolute atomic E-state index is 0.357. The maximum Gasteiger partial charge on any atom is 0.0456 e. The van der Waals surface area contributed by atoms with Gasteiger partial charge in [0.05, 0.1) is 0 Å². The number of hydrogen-bond donors (Lipinski definition) is 1. The molecule has 1 saturated heterocycles. The van der Waals surface area contributed by atoms with Crippen LogP contribution in [0.15, 0.2) is 12.3 Å². The van der Waals surface area contributed by atoms with Gasteiger partial charge in [-0.15, -0.1) is 0 Å². The first-order chi connectivity index (χ1) is 7.34. The molecule has 2 aliphatic rings. The van der Waals surface area contributed by atoms with Crippen LogP contribution in [-0.2, 0) is 12.8 Å². The molecule has 1 aromatic rings. The third-order valence-electron chi connectivity index (χ3n) is 3.53. The van der Waals surface area contributed by atoms with Gasteiger partial charge in [-0.25, -0.2) is 0 Å². The molecule has 3 heteroatoms. The van der Waals surface area contributed by atoms with Gasteiger partial charge in [0.15, 0.2) is 0 Å². The van der Waals surface area contributed by atoms with Crippen molar-refractivity contribution in [1.29, 1.82) is 0 Å². The van der Waals surface area contributed by atoms with Crippen LogP contribution < -0.4 is 10.6 Å². The maximum atomic E-state index is 5.95. The fourth-order valence-electron chi connectivity index (χ4n) is 2.75. The number of fused-ring (bicyclic) bond motifs is 1. The van der Waals surface area contributed by atoms with Crippen molar-refractivity contribution in [2.45, 2.75) is 31.7 Å². The molecule has 0 amide bonds. The van der Waals surface area contributed by atoms with Crippen molar-refractivity contribution in [3.8, 4) is 0 Å². The van der Waals surface area contributed by atoms with Crippen LogP contribution in [-0.4, -0.2) is 24.1 Å². The van der Waals surface area contributed by atoms with E-state index in [1.807, 2.05) is 6.20 Å². The third-order valence-corrected chi connectivity index (χ3v) is 3.53. The molecule has 2 N–H and O–H groups in total. The molecule has 0 spiro atoms. The molecule has 1 aromatic heterocycles. The molecule has 1 aliphatic heterocycles. The number of rotatable bonds is 1. The van der Waals surface area contributed by atoms with Crippen LogP contribution in [0.2, 0.25) is 0 Å². The first-order valence-corrected chi connectivity index (χ1v) is 5.82. The highest BCUT2D eigenvalue weighted by Crippen LogP contribution is 2.31. The number of nitrogens with zero attached hydrogens (tertiary/aromatic N) is 2. The molecule has 1 unspecified atom stereocenters. The average Bonchev–Trinajstić information content (AvgIpc) is 2.84. The van der Waals surface area contributed by atoms with Crippen molar-refractivity contribution in [2.24, 2.45) is 5.73 Å². The van der Waals surface area contributed by atoms with Crippen molar-refractivity contribution in [3.05, 3.63) is 23.5 Å². The highest BCUT2D eigenvalue weighted by atomic mass is 15.2. The van der Waals surface area contributed by atoms with Gasteiger partial charge in [0.25, 0.3) is 0 Å². The molecule has 1 atom stereocenters. The van der Waals surface area contributed by atoms with Crippen LogP contribution in [0.3, 0.4) is 0 Å². The lowest BCUT2D eigenvalue weighted by Crippen LogP contribution is -2.27. The molecular weight excluding hydrogens is 186 g/mol. The number of hydrogen-bond acceptors (Lipinski definition) is 3. The van der Waals surface area contributed by atoms with Gasteiger partial charge in [-0.1, -0.05) is 0 Å². The summed E-state index contributed by atoms with van der Waals surface area (Å²) in [6.45, 7) is 2.12. The van der Waals surface area contributed by atoms with E-state index in [2.05, 4.69) is 16.0 Å². The predicted molar refractivity (Wildman–Crippen MR) is 61.1 cm³/mol. The summed E-state index contributed by atoms with van der Waals surface area (Å²) in [4.78, 5) is 6.88. The van der Waals surface area contributed by atoms with Gasteiger partial charge in [-0.2, -0.15) is 0 Å². The van der Waals surface area contributed by atoms with E-state index >= 15 is 0 Å². The SMILES string of the molecule is NC1CCN(c2ccnc3c2CCC3)C1. The number of anilines is 1. The third kappa shape index (κ3) is 1.51. The Morgan fingerprint density at radius 3 is 3.13 bits per heavy atom. The van der Waals surface area contributed by atoms with Crippen molar-refractivity contribution in [1.82, 2.24) is 4.98 Å². The summed E-state index contributed by atoms with van der Waals surface area (Å²) in [5.41, 5.74) is 10.1. The summed E-state index contributed by atoms with van der Waals surface area (Å²) in [6, 6.07) is 2.51. The molecule has 3 rings (SSSR count). The standard InChI is InChI=1S/C12H17N3/c13-9-5-7-15(8-9)12-4-6-14-11-3-1-2-10(11)12/h4,6,9H,1-3,5,7-8,13H2. The van der Waals surface area contributed by atoms with Gasteiger partial charge in [-0.05, 0) is 37.3 Å². The quantitative estimate of drug-likeness (QED) is 0.743. The van der Waals surface area contributed by atoms with Gasteiger partial charge >= 0.3 is 0 Å². The molecule has 15 heavy (non-hydrogen) atoms. The van der Waals surface area contributed by atoms with E-state index in [9.17, 15) is 0 Å². The summed E-state index contributed by atoms with van der Waals surface area (Å²) < 4.78 is 0. The number of nitrogens with two attached hydrogens (primary N) is 1. The lowest BCUT2D eigenvalue weighted by Gasteiger charge is -2.21. The molecule has 80 valence electrons. The second-order valence-corrected chi connectivity index (χ2v) is 4.60. The predicted octanol–water partition coefficient (Wildman–Crippen LogP) is 1.11. The topological polar surface area (TPSA) is 42.1 Å². The Labute approximate surface area is 90.3 Å². The van der Waals surface area contributed by atoms with Crippen LogP contribution in [0.1, 0.15) is 24.1 Å². The fourth-order valence-corrected chi connectivity index (χ4v) is 2.75. The Morgan fingerprint density at radius 1 is 1.40 bits per heavy atom. The molecule has 1 aliphatic carbocycles. The van der Waals surface area contributed by atoms with E-state index < -0.39 is 0 Å². The van der Waals surface area contributed by atoms with Crippen LogP contribution in [0, 0.1) is 0 Å². The zero-order valence-corrected chi connectivity index (χ0v) is 8.95. The Morgan fingerprint density at radius 2 is 2.33 bits per heavy atom. The summed E-state index contributed by atoms with van der Waals surface area (Å²) in [5, 5.41) is 0. The van der Waals surface area contributed by atoms with Crippen molar-refractivity contribution >= 4 is 5.69 Å². The zero-order valence-electron chi connectivity index (χ0n) is 8.95. The number of aromatic nitrogens is 1. The van der Waals surface area contributed by atoms with Gasteiger partial charge < -0.3 is 10.6 Å². The molecule has 0 aromatic carbocycles. The Balaban J connectivity index is 1.95. The summed E-state index contributed by atoms with van der Waals surface area (Å²) in [5.74, 6) is 0. The Bertz CT molecular complexity index is 375. The summed E-state index contributed by atoms with van der Waals surface area (Å²) in [7, 11) is 0. The molecule has 0 radical (unpaired) electrons. The molecular formula is C12H17N3. The average molecular weight is 203 g/mol. The minimum Gasteiger partial charge on any atom is -0.370 e. The van der Waals surface area contributed by atoms with Crippen molar-refractivity contribution in [2.75, 3.05) is 18.0 Å². The van der Waals surface area contributed by atoms with E-state index in [0.29, 0.717) is 6.04 Å². The number of aryl methyl sites for hydroxylation is 1. The molecule has 1 fully saturated rings. The lowest BCUT2D eigenvalue weighted by atomic mass is 10.1. The van der Waals surface area contributed by atoms with Gasteiger partial charge in [0.2, 0.25) is 0 Å². The number of pyridine rings is 1. The lowest BCUT2D eigenvalue weighted by molar-refractivity contribution is 0.752. The normalized spacial score (nSPS) is 24.6. The zero-order chi connectivity index (χ0) is 10.3. The van der Waals surface area contributed by atoms with Crippen LogP contribution >= 0.6 is 0 Å². The highest BCUT2D eigenvalue weighted by Gasteiger charge is 2.24. The fraction of sp³-hybridized carbons (Fsp3) is 0.583. The first kappa shape index (κ1) is 9.16. The van der Waals surface area contributed by atoms with Gasteiger partial charge in [0.1, 0.15) is 0 Å². The summed E-state index contributed by atoms with van der Waals surface area (Å²) in [6.07, 6.45) is 6.69. The Hall–Kier alpha value is -1.09. The van der Waals surface area contributed by atoms with Gasteiger partial charge in [0, 0.05) is 36.7 Å². The molecule has 3 nitrogen and oxygen atoms in total. The molecule has 0 bridgehead atoms. The smallest absolute Gasteiger partial charge is 0.0456 e. The highest BCUT2D eigenvalue weighted by molar-refractivity contribution is 5.57. The van der Waals surface area contributed by atoms with Crippen molar-refractivity contribution in [3.63, 3.8) is 0 Å². The molecule has 2 heterocycles. The van der Waals surface area contributed by atoms with Crippen LogP contribution in [0.4, 0.5) is 5.69 Å². The largest absolute Gasteiger partial charge is 0.370 e. The van der Waals surface area contributed by atoms with Crippen molar-refractivity contribution < 1.29 is 0 Å². The van der Waals surface area contributed by atoms with E-state index in [4.69, 9.17) is 5.73 Å². The van der Waals surface area contributed by atoms with Gasteiger partial charge in [-0.3, -0.25) is 4.98 Å². The van der Waals surface area contributed by atoms with E-state index in [1.165, 1.54) is 29.8 Å². The van der Waals surface area contributed by atoms with Crippen LogP contribution in [0.25, 0.3) is 0 Å². The monoisotopic (exact) mass is 203 g/mol. The van der Waals surface area contributed by atoms with Crippen LogP contribution in [0.5, 0.6) is 0 Å². The Kier molecular flexibility index (Phi) is 2.13. The van der Waals surface area contributed by atoms with E-state index in [1.54, 1.807) is 0 Å².